The van der Waals surface area contributed by atoms with Crippen LogP contribution in [0.25, 0.3) is 0 Å². The Morgan fingerprint density at radius 1 is 0.938 bits per heavy atom. The number of guanidine groups is 1. The maximum absolute atomic E-state index is 4.86. The van der Waals surface area contributed by atoms with Crippen molar-refractivity contribution in [2.75, 3.05) is 0 Å². The number of aliphatic imine (C=N–C) groups is 1. The summed E-state index contributed by atoms with van der Waals surface area (Å²) in [5.41, 5.74) is 13.5. The lowest BCUT2D eigenvalue weighted by molar-refractivity contribution is 0.735. The van der Waals surface area contributed by atoms with Gasteiger partial charge in [-0.3, -0.25) is 5.43 Å². The minimum Gasteiger partial charge on any atom is -0.306 e. The van der Waals surface area contributed by atoms with E-state index in [2.05, 4.69) is 89.8 Å². The minimum absolute atomic E-state index is 0.191. The standard InChI is InChI=1S/C26H27N5S/c1-19-13-15-23(16-14-19)32-20(2)17-18-27-30-26-28-24(21-9-5-3-6-10-21)25(29-31-26)22-11-7-4-8-12-22/h3-18,20,24,27H,1-2H3,(H2,28,30,31)/b18-17+/t20-,24+/m0/s1. The molecule has 32 heavy (non-hydrogen) atoms. The Kier molecular flexibility index (Phi) is 7.25. The lowest BCUT2D eigenvalue weighted by Crippen LogP contribution is -2.44. The van der Waals surface area contributed by atoms with Gasteiger partial charge in [-0.25, -0.2) is 10.4 Å². The molecule has 0 amide bonds. The van der Waals surface area contributed by atoms with Crippen LogP contribution in [0.3, 0.4) is 0 Å². The highest BCUT2D eigenvalue weighted by Crippen LogP contribution is 2.25. The van der Waals surface area contributed by atoms with Crippen LogP contribution in [-0.4, -0.2) is 16.9 Å². The van der Waals surface area contributed by atoms with Gasteiger partial charge in [0.15, 0.2) is 0 Å². The minimum atomic E-state index is -0.191. The summed E-state index contributed by atoms with van der Waals surface area (Å²) in [4.78, 5) is 6.12. The van der Waals surface area contributed by atoms with Crippen LogP contribution in [-0.2, 0) is 0 Å². The molecule has 0 saturated heterocycles. The van der Waals surface area contributed by atoms with Crippen molar-refractivity contribution in [3.63, 3.8) is 0 Å². The molecule has 3 aromatic carbocycles. The monoisotopic (exact) mass is 441 g/mol. The molecule has 3 N–H and O–H groups in total. The number of hydrogen-bond acceptors (Lipinski definition) is 6. The Balaban J connectivity index is 1.39. The van der Waals surface area contributed by atoms with E-state index >= 15 is 0 Å². The molecule has 0 spiro atoms. The SMILES string of the molecule is Cc1ccc(S[C@@H](C)/C=C/NNC2=N[C@H](c3ccccc3)C(c3ccccc3)=NN2)cc1. The number of aryl methyl sites for hydroxylation is 1. The molecule has 0 aliphatic carbocycles. The maximum atomic E-state index is 4.86. The number of hydrazone groups is 1. The lowest BCUT2D eigenvalue weighted by Gasteiger charge is -2.23. The van der Waals surface area contributed by atoms with Crippen LogP contribution < -0.4 is 16.3 Å². The molecule has 162 valence electrons. The smallest absolute Gasteiger partial charge is 0.232 e. The first kappa shape index (κ1) is 21.7. The molecule has 3 aromatic rings. The molecule has 1 aliphatic heterocycles. The van der Waals surface area contributed by atoms with Crippen molar-refractivity contribution in [3.05, 3.63) is 114 Å². The highest BCUT2D eigenvalue weighted by Gasteiger charge is 2.23. The van der Waals surface area contributed by atoms with Crippen LogP contribution in [0.5, 0.6) is 0 Å². The van der Waals surface area contributed by atoms with Gasteiger partial charge in [0.05, 0.1) is 5.71 Å². The number of rotatable bonds is 7. The van der Waals surface area contributed by atoms with Crippen molar-refractivity contribution in [2.45, 2.75) is 30.0 Å². The third-order valence-corrected chi connectivity index (χ3v) is 6.04. The Morgan fingerprint density at radius 2 is 1.62 bits per heavy atom. The molecule has 0 aromatic heterocycles. The number of hydrogen-bond donors (Lipinski definition) is 3. The molecular formula is C26H27N5S. The van der Waals surface area contributed by atoms with Crippen molar-refractivity contribution in [2.24, 2.45) is 10.1 Å². The van der Waals surface area contributed by atoms with Crippen molar-refractivity contribution >= 4 is 23.4 Å². The molecule has 1 heterocycles. The van der Waals surface area contributed by atoms with E-state index in [0.717, 1.165) is 16.8 Å². The third-order valence-electron chi connectivity index (χ3n) is 4.97. The van der Waals surface area contributed by atoms with Crippen LogP contribution in [0.1, 0.15) is 29.7 Å². The zero-order chi connectivity index (χ0) is 22.2. The Bertz CT molecular complexity index is 1090. The Hall–Kier alpha value is -3.51. The molecule has 0 saturated carbocycles. The fraction of sp³-hybridized carbons (Fsp3) is 0.154. The van der Waals surface area contributed by atoms with Crippen LogP contribution in [0.2, 0.25) is 0 Å². The first-order valence-corrected chi connectivity index (χ1v) is 11.5. The second-order valence-corrected chi connectivity index (χ2v) is 8.98. The van der Waals surface area contributed by atoms with Crippen LogP contribution in [0.15, 0.2) is 112 Å². The summed E-state index contributed by atoms with van der Waals surface area (Å²) >= 11 is 1.81. The van der Waals surface area contributed by atoms with Gasteiger partial charge in [0.1, 0.15) is 6.04 Å². The van der Waals surface area contributed by atoms with Crippen molar-refractivity contribution in [1.82, 2.24) is 16.3 Å². The molecule has 0 radical (unpaired) electrons. The second-order valence-electron chi connectivity index (χ2n) is 7.53. The molecule has 0 fully saturated rings. The number of thioether (sulfide) groups is 1. The first-order chi connectivity index (χ1) is 15.7. The predicted molar refractivity (Wildman–Crippen MR) is 135 cm³/mol. The van der Waals surface area contributed by atoms with Gasteiger partial charge in [-0.15, -0.1) is 11.8 Å². The molecule has 6 heteroatoms. The summed E-state index contributed by atoms with van der Waals surface area (Å²) in [6.07, 6.45) is 4.00. The van der Waals surface area contributed by atoms with Gasteiger partial charge in [0.25, 0.3) is 0 Å². The highest BCUT2D eigenvalue weighted by atomic mass is 32.2. The third kappa shape index (κ3) is 5.80. The van der Waals surface area contributed by atoms with Crippen LogP contribution >= 0.6 is 11.8 Å². The van der Waals surface area contributed by atoms with E-state index in [1.54, 1.807) is 0 Å². The molecule has 5 nitrogen and oxygen atoms in total. The van der Waals surface area contributed by atoms with E-state index < -0.39 is 0 Å². The zero-order valence-electron chi connectivity index (χ0n) is 18.2. The number of nitrogens with one attached hydrogen (secondary N) is 3. The van der Waals surface area contributed by atoms with Gasteiger partial charge >= 0.3 is 0 Å². The van der Waals surface area contributed by atoms with Crippen LogP contribution in [0, 0.1) is 6.92 Å². The fourth-order valence-corrected chi connectivity index (χ4v) is 4.20. The van der Waals surface area contributed by atoms with Gasteiger partial charge in [0, 0.05) is 21.9 Å². The normalized spacial score (nSPS) is 16.6. The predicted octanol–water partition coefficient (Wildman–Crippen LogP) is 5.19. The number of hydrazine groups is 1. The molecular weight excluding hydrogens is 414 g/mol. The average Bonchev–Trinajstić information content (AvgIpc) is 2.84. The topological polar surface area (TPSA) is 60.8 Å². The van der Waals surface area contributed by atoms with E-state index in [0.29, 0.717) is 11.2 Å². The van der Waals surface area contributed by atoms with Crippen molar-refractivity contribution in [3.8, 4) is 0 Å². The zero-order valence-corrected chi connectivity index (χ0v) is 19.0. The van der Waals surface area contributed by atoms with Crippen LogP contribution in [0.4, 0.5) is 0 Å². The van der Waals surface area contributed by atoms with Crippen molar-refractivity contribution in [1.29, 1.82) is 0 Å². The summed E-state index contributed by atoms with van der Waals surface area (Å²) in [5, 5.41) is 4.95. The maximum Gasteiger partial charge on any atom is 0.232 e. The molecule has 1 aliphatic rings. The molecule has 0 bridgehead atoms. The van der Waals surface area contributed by atoms with E-state index in [1.165, 1.54) is 10.5 Å². The largest absolute Gasteiger partial charge is 0.306 e. The van der Waals surface area contributed by atoms with E-state index in [9.17, 15) is 0 Å². The van der Waals surface area contributed by atoms with Gasteiger partial charge in [-0.05, 0) is 31.5 Å². The molecule has 0 unspecified atom stereocenters. The van der Waals surface area contributed by atoms with Gasteiger partial charge in [0.2, 0.25) is 5.96 Å². The quantitative estimate of drug-likeness (QED) is 0.349. The van der Waals surface area contributed by atoms with Gasteiger partial charge in [-0.2, -0.15) is 5.10 Å². The summed E-state index contributed by atoms with van der Waals surface area (Å²) in [6.45, 7) is 4.27. The summed E-state index contributed by atoms with van der Waals surface area (Å²) < 4.78 is 0. The first-order valence-electron chi connectivity index (χ1n) is 10.6. The molecule has 4 rings (SSSR count). The summed E-state index contributed by atoms with van der Waals surface area (Å²) in [6, 6.07) is 28.7. The Morgan fingerprint density at radius 3 is 2.34 bits per heavy atom. The van der Waals surface area contributed by atoms with Crippen molar-refractivity contribution < 1.29 is 0 Å². The van der Waals surface area contributed by atoms with E-state index in [-0.39, 0.29) is 6.04 Å². The van der Waals surface area contributed by atoms with E-state index in [4.69, 9.17) is 4.99 Å². The second kappa shape index (κ2) is 10.7. The fourth-order valence-electron chi connectivity index (χ4n) is 3.32. The van der Waals surface area contributed by atoms with E-state index in [1.807, 2.05) is 54.4 Å². The number of nitrogens with zero attached hydrogens (tertiary/aromatic N) is 2. The summed E-state index contributed by atoms with van der Waals surface area (Å²) in [7, 11) is 0. The average molecular weight is 442 g/mol. The number of benzene rings is 3. The van der Waals surface area contributed by atoms with Gasteiger partial charge in [-0.1, -0.05) is 84.4 Å². The highest BCUT2D eigenvalue weighted by molar-refractivity contribution is 8.00. The molecule has 2 atom stereocenters. The summed E-state index contributed by atoms with van der Waals surface area (Å²) in [5.74, 6) is 0.571. The Labute approximate surface area is 193 Å². The lowest BCUT2D eigenvalue weighted by atomic mass is 9.97. The van der Waals surface area contributed by atoms with Gasteiger partial charge < -0.3 is 5.43 Å².